The van der Waals surface area contributed by atoms with Gasteiger partial charge in [0.1, 0.15) is 5.75 Å². The highest BCUT2D eigenvalue weighted by Gasteiger charge is 2.38. The van der Waals surface area contributed by atoms with Crippen molar-refractivity contribution < 1.29 is 24.1 Å². The van der Waals surface area contributed by atoms with Gasteiger partial charge in [-0.2, -0.15) is 0 Å². The Morgan fingerprint density at radius 1 is 1.18 bits per heavy atom. The summed E-state index contributed by atoms with van der Waals surface area (Å²) >= 11 is 0. The van der Waals surface area contributed by atoms with Crippen molar-refractivity contribution in [3.05, 3.63) is 29.8 Å². The van der Waals surface area contributed by atoms with Gasteiger partial charge < -0.3 is 29.5 Å². The largest absolute Gasteiger partial charge is 0.497 e. The first-order valence-corrected chi connectivity index (χ1v) is 12.4. The Balaban J connectivity index is 1.30. The summed E-state index contributed by atoms with van der Waals surface area (Å²) in [5, 5.41) is 13.4. The molecule has 1 aromatic carbocycles. The van der Waals surface area contributed by atoms with Gasteiger partial charge in [-0.3, -0.25) is 9.69 Å². The minimum atomic E-state index is -0.525. The number of nitrogens with one attached hydrogen (secondary N) is 1. The normalized spacial score (nSPS) is 29.2. The van der Waals surface area contributed by atoms with Crippen LogP contribution in [0.15, 0.2) is 24.3 Å². The molecule has 8 nitrogen and oxygen atoms in total. The van der Waals surface area contributed by atoms with Gasteiger partial charge in [-0.1, -0.05) is 12.1 Å². The number of hydrogen-bond acceptors (Lipinski definition) is 7. The number of likely N-dealkylation sites (tertiary alicyclic amines) is 1. The summed E-state index contributed by atoms with van der Waals surface area (Å²) in [6.07, 6.45) is 3.95. The lowest BCUT2D eigenvalue weighted by Crippen LogP contribution is -2.55. The number of ether oxygens (including phenoxy) is 3. The third kappa shape index (κ3) is 7.13. The maximum atomic E-state index is 12.5. The van der Waals surface area contributed by atoms with Crippen LogP contribution in [0, 0.1) is 0 Å². The number of amides is 1. The van der Waals surface area contributed by atoms with E-state index in [0.717, 1.165) is 44.8 Å². The molecule has 184 valence electrons. The van der Waals surface area contributed by atoms with E-state index >= 15 is 0 Å². The third-order valence-electron chi connectivity index (χ3n) is 6.99. The van der Waals surface area contributed by atoms with Gasteiger partial charge in [0.15, 0.2) is 0 Å². The number of fused-ring (bicyclic) bond motifs is 1. The van der Waals surface area contributed by atoms with E-state index in [1.54, 1.807) is 7.11 Å². The molecule has 4 atom stereocenters. The molecule has 2 N–H and O–H groups in total. The number of β-amino-alcohol motifs (C(OH)–C–C–N with tert-alkyl or cyclic N) is 1. The van der Waals surface area contributed by atoms with Gasteiger partial charge in [-0.15, -0.1) is 0 Å². The van der Waals surface area contributed by atoms with Crippen LogP contribution in [0.5, 0.6) is 5.75 Å². The fourth-order valence-electron chi connectivity index (χ4n) is 5.23. The smallest absolute Gasteiger partial charge is 0.222 e. The number of aliphatic hydroxyl groups is 1. The minimum Gasteiger partial charge on any atom is -0.497 e. The molecule has 0 radical (unpaired) electrons. The van der Waals surface area contributed by atoms with E-state index in [9.17, 15) is 9.90 Å². The van der Waals surface area contributed by atoms with Crippen LogP contribution in [-0.4, -0.2) is 98.2 Å². The predicted octanol–water partition coefficient (Wildman–Crippen LogP) is 1.41. The Bertz CT molecular complexity index is 740. The highest BCUT2D eigenvalue weighted by molar-refractivity contribution is 5.76. The molecule has 3 fully saturated rings. The van der Waals surface area contributed by atoms with Gasteiger partial charge >= 0.3 is 0 Å². The van der Waals surface area contributed by atoms with E-state index in [4.69, 9.17) is 14.2 Å². The Kier molecular flexibility index (Phi) is 8.97. The first-order chi connectivity index (χ1) is 16.1. The fourth-order valence-corrected chi connectivity index (χ4v) is 5.23. The van der Waals surface area contributed by atoms with Crippen molar-refractivity contribution in [3.63, 3.8) is 0 Å². The zero-order valence-corrected chi connectivity index (χ0v) is 19.8. The highest BCUT2D eigenvalue weighted by Crippen LogP contribution is 2.29. The van der Waals surface area contributed by atoms with Crippen molar-refractivity contribution in [1.82, 2.24) is 15.1 Å². The fraction of sp³-hybridized carbons (Fsp3) is 0.720. The summed E-state index contributed by atoms with van der Waals surface area (Å²) in [6.45, 7) is 5.93. The van der Waals surface area contributed by atoms with Crippen molar-refractivity contribution in [3.8, 4) is 5.75 Å². The summed E-state index contributed by atoms with van der Waals surface area (Å²) in [4.78, 5) is 17.2. The molecule has 0 saturated carbocycles. The van der Waals surface area contributed by atoms with Gasteiger partial charge in [0.25, 0.3) is 0 Å². The van der Waals surface area contributed by atoms with E-state index < -0.39 is 6.10 Å². The maximum absolute atomic E-state index is 12.5. The number of hydrogen-bond donors (Lipinski definition) is 2. The lowest BCUT2D eigenvalue weighted by Gasteiger charge is -2.44. The second kappa shape index (κ2) is 12.1. The zero-order valence-electron chi connectivity index (χ0n) is 19.8. The Morgan fingerprint density at radius 2 is 1.97 bits per heavy atom. The molecule has 0 bridgehead atoms. The third-order valence-corrected chi connectivity index (χ3v) is 6.99. The maximum Gasteiger partial charge on any atom is 0.222 e. The summed E-state index contributed by atoms with van der Waals surface area (Å²) in [6, 6.07) is 8.21. The van der Waals surface area contributed by atoms with E-state index in [0.29, 0.717) is 32.7 Å². The topological polar surface area (TPSA) is 83.5 Å². The van der Waals surface area contributed by atoms with Crippen LogP contribution >= 0.6 is 0 Å². The lowest BCUT2D eigenvalue weighted by molar-refractivity contribution is -0.158. The molecule has 0 unspecified atom stereocenters. The number of aliphatic hydroxyl groups excluding tert-OH is 1. The van der Waals surface area contributed by atoms with Gasteiger partial charge in [-0.25, -0.2) is 0 Å². The van der Waals surface area contributed by atoms with E-state index in [1.165, 1.54) is 18.4 Å². The molecular weight excluding hydrogens is 422 g/mol. The second-order valence-corrected chi connectivity index (χ2v) is 9.51. The molecule has 0 spiro atoms. The summed E-state index contributed by atoms with van der Waals surface area (Å²) in [5.41, 5.74) is 1.17. The van der Waals surface area contributed by atoms with E-state index in [1.807, 2.05) is 12.1 Å². The second-order valence-electron chi connectivity index (χ2n) is 9.51. The Morgan fingerprint density at radius 3 is 2.73 bits per heavy atom. The number of rotatable bonds is 8. The van der Waals surface area contributed by atoms with Crippen LogP contribution in [0.3, 0.4) is 0 Å². The van der Waals surface area contributed by atoms with Gasteiger partial charge in [-0.05, 0) is 56.5 Å². The van der Waals surface area contributed by atoms with E-state index in [-0.39, 0.29) is 24.2 Å². The molecular formula is C25H39N3O5. The summed E-state index contributed by atoms with van der Waals surface area (Å²) < 4.78 is 17.4. The van der Waals surface area contributed by atoms with Crippen molar-refractivity contribution in [2.75, 3.05) is 53.0 Å². The van der Waals surface area contributed by atoms with Crippen molar-refractivity contribution in [2.45, 2.75) is 63.0 Å². The molecule has 4 rings (SSSR count). The first kappa shape index (κ1) is 24.4. The molecule has 0 aliphatic carbocycles. The van der Waals surface area contributed by atoms with Crippen LogP contribution < -0.4 is 10.1 Å². The van der Waals surface area contributed by atoms with Crippen LogP contribution in [0.2, 0.25) is 0 Å². The zero-order chi connectivity index (χ0) is 23.0. The molecule has 33 heavy (non-hydrogen) atoms. The number of benzene rings is 1. The number of methoxy groups -OCH3 is 1. The number of carbonyl (C=O) groups is 1. The quantitative estimate of drug-likeness (QED) is 0.606. The average molecular weight is 462 g/mol. The molecule has 3 heterocycles. The predicted molar refractivity (Wildman–Crippen MR) is 125 cm³/mol. The van der Waals surface area contributed by atoms with Crippen LogP contribution in [0.4, 0.5) is 0 Å². The number of nitrogens with zero attached hydrogens (tertiary/aromatic N) is 2. The Labute approximate surface area is 197 Å². The minimum absolute atomic E-state index is 0.0647. The van der Waals surface area contributed by atoms with Crippen LogP contribution in [-0.2, 0) is 20.8 Å². The van der Waals surface area contributed by atoms with Gasteiger partial charge in [0, 0.05) is 32.2 Å². The molecule has 3 aliphatic heterocycles. The SMILES string of the molecule is COc1ccc(CN2C[C@@H](O)COC[C@@H]3O[C@H](CC(=O)NCCN4CCCC4)CC[C@H]32)cc1. The van der Waals surface area contributed by atoms with Crippen LogP contribution in [0.25, 0.3) is 0 Å². The molecule has 8 heteroatoms. The van der Waals surface area contributed by atoms with E-state index in [2.05, 4.69) is 27.2 Å². The van der Waals surface area contributed by atoms with Gasteiger partial charge in [0.05, 0.1) is 45.1 Å². The molecule has 0 aromatic heterocycles. The first-order valence-electron chi connectivity index (χ1n) is 12.4. The monoisotopic (exact) mass is 461 g/mol. The van der Waals surface area contributed by atoms with Crippen molar-refractivity contribution >= 4 is 5.91 Å². The Hall–Kier alpha value is -1.71. The molecule has 3 saturated heterocycles. The molecule has 1 aromatic rings. The summed E-state index contributed by atoms with van der Waals surface area (Å²) in [7, 11) is 1.66. The highest BCUT2D eigenvalue weighted by atomic mass is 16.5. The van der Waals surface area contributed by atoms with Gasteiger partial charge in [0.2, 0.25) is 5.91 Å². The van der Waals surface area contributed by atoms with Crippen LogP contribution in [0.1, 0.15) is 37.7 Å². The standard InChI is InChI=1S/C25H39N3O5/c1-31-21-6-4-19(5-7-21)15-28-16-20(29)17-32-18-24-23(28)9-8-22(33-24)14-25(30)26-10-13-27-11-2-3-12-27/h4-7,20,22-24,29H,2-3,8-18H2,1H3,(H,26,30)/t20-,22+,23-,24+/m1/s1. The summed E-state index contributed by atoms with van der Waals surface area (Å²) in [5.74, 6) is 0.898. The lowest BCUT2D eigenvalue weighted by atomic mass is 9.94. The average Bonchev–Trinajstić information content (AvgIpc) is 3.32. The molecule has 3 aliphatic rings. The van der Waals surface area contributed by atoms with Crippen molar-refractivity contribution in [1.29, 1.82) is 0 Å². The van der Waals surface area contributed by atoms with Crippen molar-refractivity contribution in [2.24, 2.45) is 0 Å². The molecule has 1 amide bonds. The number of carbonyl (C=O) groups excluding carboxylic acids is 1.